The quantitative estimate of drug-likeness (QED) is 0.770. The number of carbonyl (C=O) groups excluding carboxylic acids is 1. The van der Waals surface area contributed by atoms with Crippen molar-refractivity contribution >= 4 is 12.1 Å². The number of aliphatic carboxylic acids is 1. The van der Waals surface area contributed by atoms with Crippen LogP contribution in [-0.2, 0) is 9.53 Å². The highest BCUT2D eigenvalue weighted by atomic mass is 16.6. The van der Waals surface area contributed by atoms with E-state index in [1.807, 2.05) is 24.3 Å². The topological polar surface area (TPSA) is 78.9 Å². The molecule has 3 heterocycles. The van der Waals surface area contributed by atoms with Gasteiger partial charge in [-0.15, -0.1) is 0 Å². The molecule has 3 atom stereocenters. The van der Waals surface area contributed by atoms with E-state index in [1.54, 1.807) is 4.90 Å². The molecule has 0 saturated carbocycles. The molecule has 6 heteroatoms. The van der Waals surface area contributed by atoms with Crippen LogP contribution in [0.5, 0.6) is 0 Å². The summed E-state index contributed by atoms with van der Waals surface area (Å²) < 4.78 is 5.83. The van der Waals surface area contributed by atoms with Gasteiger partial charge in [-0.05, 0) is 47.9 Å². The Bertz CT molecular complexity index is 1030. The fourth-order valence-electron chi connectivity index (χ4n) is 6.84. The second-order valence-corrected chi connectivity index (χ2v) is 9.98. The average molecular weight is 433 g/mol. The zero-order chi connectivity index (χ0) is 21.9. The number of carboxylic acids is 1. The summed E-state index contributed by atoms with van der Waals surface area (Å²) in [5, 5.41) is 13.5. The predicted octanol–water partition coefficient (Wildman–Crippen LogP) is 3.85. The Morgan fingerprint density at radius 1 is 1.00 bits per heavy atom. The molecule has 3 saturated heterocycles. The van der Waals surface area contributed by atoms with Gasteiger partial charge in [-0.1, -0.05) is 48.5 Å². The second-order valence-electron chi connectivity index (χ2n) is 9.98. The molecule has 2 N–H and O–H groups in total. The molecule has 3 unspecified atom stereocenters. The fraction of sp³-hybridized carbons (Fsp3) is 0.462. The number of ether oxygens (including phenoxy) is 1. The Labute approximate surface area is 187 Å². The van der Waals surface area contributed by atoms with E-state index in [2.05, 4.69) is 29.6 Å². The SMILES string of the molecule is O=C(O)C1CN(C(=O)OCC2c3ccccc3-c3ccccc32)CC12CC1CCC(C2)N1. The van der Waals surface area contributed by atoms with Crippen molar-refractivity contribution in [2.24, 2.45) is 11.3 Å². The maximum atomic E-state index is 13.1. The van der Waals surface area contributed by atoms with Crippen LogP contribution in [0.15, 0.2) is 48.5 Å². The highest BCUT2D eigenvalue weighted by molar-refractivity contribution is 5.79. The highest BCUT2D eigenvalue weighted by Gasteiger charge is 2.56. The lowest BCUT2D eigenvalue weighted by Gasteiger charge is -2.40. The minimum Gasteiger partial charge on any atom is -0.481 e. The number of benzene rings is 2. The zero-order valence-electron chi connectivity index (χ0n) is 18.0. The van der Waals surface area contributed by atoms with E-state index in [1.165, 1.54) is 22.3 Å². The van der Waals surface area contributed by atoms with Gasteiger partial charge < -0.3 is 20.1 Å². The molecule has 3 aliphatic heterocycles. The molecule has 2 aromatic rings. The molecule has 1 amide bonds. The van der Waals surface area contributed by atoms with Gasteiger partial charge in [0.25, 0.3) is 0 Å². The Morgan fingerprint density at radius 2 is 1.59 bits per heavy atom. The minimum atomic E-state index is -0.791. The number of piperidine rings is 1. The lowest BCUT2D eigenvalue weighted by Crippen LogP contribution is -2.49. The summed E-state index contributed by atoms with van der Waals surface area (Å²) in [6.45, 7) is 0.988. The van der Waals surface area contributed by atoms with Gasteiger partial charge in [0, 0.05) is 36.5 Å². The summed E-state index contributed by atoms with van der Waals surface area (Å²) in [5.74, 6) is -1.30. The third-order valence-corrected chi connectivity index (χ3v) is 8.18. The molecule has 2 aromatic carbocycles. The molecule has 1 spiro atoms. The number of carboxylic acid groups (broad SMARTS) is 1. The smallest absolute Gasteiger partial charge is 0.409 e. The number of hydrogen-bond donors (Lipinski definition) is 2. The Balaban J connectivity index is 1.19. The number of amides is 1. The van der Waals surface area contributed by atoms with Crippen molar-refractivity contribution in [1.82, 2.24) is 10.2 Å². The van der Waals surface area contributed by atoms with E-state index < -0.39 is 11.9 Å². The number of carbonyl (C=O) groups is 2. The molecule has 0 aromatic heterocycles. The maximum absolute atomic E-state index is 13.1. The van der Waals surface area contributed by atoms with Gasteiger partial charge in [-0.2, -0.15) is 0 Å². The van der Waals surface area contributed by atoms with Crippen LogP contribution >= 0.6 is 0 Å². The number of hydrogen-bond acceptors (Lipinski definition) is 4. The van der Waals surface area contributed by atoms with Crippen LogP contribution in [0.4, 0.5) is 4.79 Å². The number of nitrogens with one attached hydrogen (secondary N) is 1. The molecular formula is C26H28N2O4. The number of rotatable bonds is 3. The van der Waals surface area contributed by atoms with Crippen LogP contribution in [0.3, 0.4) is 0 Å². The van der Waals surface area contributed by atoms with Crippen molar-refractivity contribution in [3.8, 4) is 11.1 Å². The van der Waals surface area contributed by atoms with Crippen LogP contribution in [0, 0.1) is 11.3 Å². The van der Waals surface area contributed by atoms with Gasteiger partial charge in [-0.3, -0.25) is 4.79 Å². The highest BCUT2D eigenvalue weighted by Crippen LogP contribution is 2.50. The molecule has 166 valence electrons. The minimum absolute atomic E-state index is 0.00732. The normalized spacial score (nSPS) is 30.4. The van der Waals surface area contributed by atoms with E-state index in [0.717, 1.165) is 25.7 Å². The second kappa shape index (κ2) is 7.34. The van der Waals surface area contributed by atoms with E-state index in [0.29, 0.717) is 18.6 Å². The lowest BCUT2D eigenvalue weighted by molar-refractivity contribution is -0.145. The summed E-state index contributed by atoms with van der Waals surface area (Å²) >= 11 is 0. The lowest BCUT2D eigenvalue weighted by atomic mass is 9.69. The number of fused-ring (bicyclic) bond motifs is 5. The van der Waals surface area contributed by atoms with Crippen molar-refractivity contribution in [3.05, 3.63) is 59.7 Å². The molecular weight excluding hydrogens is 404 g/mol. The zero-order valence-corrected chi connectivity index (χ0v) is 18.0. The molecule has 32 heavy (non-hydrogen) atoms. The molecule has 1 aliphatic carbocycles. The Kier molecular flexibility index (Phi) is 4.54. The van der Waals surface area contributed by atoms with Crippen LogP contribution in [0.1, 0.15) is 42.7 Å². The Hall–Kier alpha value is -2.86. The van der Waals surface area contributed by atoms with Crippen molar-refractivity contribution in [3.63, 3.8) is 0 Å². The molecule has 3 fully saturated rings. The van der Waals surface area contributed by atoms with Gasteiger partial charge in [0.15, 0.2) is 0 Å². The average Bonchev–Trinajstić information content (AvgIpc) is 3.44. The third-order valence-electron chi connectivity index (χ3n) is 8.18. The van der Waals surface area contributed by atoms with Gasteiger partial charge in [0.2, 0.25) is 0 Å². The summed E-state index contributed by atoms with van der Waals surface area (Å²) in [6.07, 6.45) is 3.47. The first-order valence-corrected chi connectivity index (χ1v) is 11.6. The van der Waals surface area contributed by atoms with Crippen molar-refractivity contribution < 1.29 is 19.4 Å². The van der Waals surface area contributed by atoms with E-state index in [-0.39, 0.29) is 30.6 Å². The van der Waals surface area contributed by atoms with Crippen molar-refractivity contribution in [2.45, 2.75) is 43.7 Å². The summed E-state index contributed by atoms with van der Waals surface area (Å²) in [4.78, 5) is 26.9. The summed E-state index contributed by atoms with van der Waals surface area (Å²) in [6, 6.07) is 17.3. The van der Waals surface area contributed by atoms with Crippen LogP contribution in [-0.4, -0.2) is 53.8 Å². The standard InChI is InChI=1S/C26H28N2O4/c29-24(30)23-13-28(15-26(23)11-16-9-10-17(12-26)27-16)25(31)32-14-22-20-7-3-1-5-18(20)19-6-2-4-8-21(19)22/h1-8,16-17,22-23,27H,9-15H2,(H,29,30). The van der Waals surface area contributed by atoms with Gasteiger partial charge in [-0.25, -0.2) is 4.79 Å². The van der Waals surface area contributed by atoms with Crippen molar-refractivity contribution in [2.75, 3.05) is 19.7 Å². The van der Waals surface area contributed by atoms with Crippen LogP contribution in [0.2, 0.25) is 0 Å². The third kappa shape index (κ3) is 3.04. The fourth-order valence-corrected chi connectivity index (χ4v) is 6.84. The van der Waals surface area contributed by atoms with Crippen LogP contribution in [0.25, 0.3) is 11.1 Å². The first-order valence-electron chi connectivity index (χ1n) is 11.6. The van der Waals surface area contributed by atoms with Crippen LogP contribution < -0.4 is 5.32 Å². The largest absolute Gasteiger partial charge is 0.481 e. The Morgan fingerprint density at radius 3 is 2.19 bits per heavy atom. The van der Waals surface area contributed by atoms with Gasteiger partial charge >= 0.3 is 12.1 Å². The van der Waals surface area contributed by atoms with E-state index in [9.17, 15) is 14.7 Å². The molecule has 6 nitrogen and oxygen atoms in total. The van der Waals surface area contributed by atoms with Gasteiger partial charge in [0.1, 0.15) is 6.61 Å². The first kappa shape index (κ1) is 19.8. The number of likely N-dealkylation sites (tertiary alicyclic amines) is 1. The summed E-state index contributed by atoms with van der Waals surface area (Å²) in [5.41, 5.74) is 4.41. The maximum Gasteiger partial charge on any atom is 0.409 e. The predicted molar refractivity (Wildman–Crippen MR) is 119 cm³/mol. The van der Waals surface area contributed by atoms with Crippen molar-refractivity contribution in [1.29, 1.82) is 0 Å². The number of nitrogens with zero attached hydrogens (tertiary/aromatic N) is 1. The molecule has 0 radical (unpaired) electrons. The first-order chi connectivity index (χ1) is 15.5. The molecule has 2 bridgehead atoms. The molecule has 6 rings (SSSR count). The molecule has 4 aliphatic rings. The van der Waals surface area contributed by atoms with E-state index in [4.69, 9.17) is 4.74 Å². The summed E-state index contributed by atoms with van der Waals surface area (Å²) in [7, 11) is 0. The monoisotopic (exact) mass is 432 g/mol. The van der Waals surface area contributed by atoms with Gasteiger partial charge in [0.05, 0.1) is 5.92 Å². The van der Waals surface area contributed by atoms with E-state index >= 15 is 0 Å².